The van der Waals surface area contributed by atoms with Crippen LogP contribution >= 0.6 is 0 Å². The van der Waals surface area contributed by atoms with Gasteiger partial charge >= 0.3 is 0 Å². The summed E-state index contributed by atoms with van der Waals surface area (Å²) in [6.45, 7) is 3.18. The van der Waals surface area contributed by atoms with Gasteiger partial charge in [-0.3, -0.25) is 30.0 Å². The molecule has 1 amide bonds. The first-order valence-electron chi connectivity index (χ1n) is 6.93. The van der Waals surface area contributed by atoms with E-state index in [0.717, 1.165) is 17.8 Å². The average Bonchev–Trinajstić information content (AvgIpc) is 2.52. The summed E-state index contributed by atoms with van der Waals surface area (Å²) in [6, 6.07) is 7.36. The molecule has 1 aromatic carbocycles. The van der Waals surface area contributed by atoms with Gasteiger partial charge in [-0.2, -0.15) is 0 Å². The first-order chi connectivity index (χ1) is 11.3. The highest BCUT2D eigenvalue weighted by Gasteiger charge is 2.25. The standard InChI is InChI=1S/C15H14N4O5/c1-9-4-3-5-12(17-9)8-16-15(20)11-6-13(18(21)22)10(2)14(7-11)19(23)24/h3-7H,8H2,1-2H3,(H,16,20). The van der Waals surface area contributed by atoms with Crippen LogP contribution in [0, 0.1) is 34.1 Å². The van der Waals surface area contributed by atoms with Gasteiger partial charge < -0.3 is 5.32 Å². The average molecular weight is 330 g/mol. The molecule has 2 rings (SSSR count). The second-order valence-electron chi connectivity index (χ2n) is 5.11. The lowest BCUT2D eigenvalue weighted by Crippen LogP contribution is -2.23. The Kier molecular flexibility index (Phi) is 4.83. The number of carbonyl (C=O) groups excluding carboxylic acids is 1. The first kappa shape index (κ1) is 17.0. The first-order valence-corrected chi connectivity index (χ1v) is 6.93. The Bertz CT molecular complexity index is 799. The van der Waals surface area contributed by atoms with E-state index in [0.29, 0.717) is 5.69 Å². The molecule has 9 nitrogen and oxygen atoms in total. The Morgan fingerprint density at radius 2 is 1.71 bits per heavy atom. The van der Waals surface area contributed by atoms with Gasteiger partial charge in [0.15, 0.2) is 0 Å². The summed E-state index contributed by atoms with van der Waals surface area (Å²) >= 11 is 0. The zero-order valence-corrected chi connectivity index (χ0v) is 13.0. The summed E-state index contributed by atoms with van der Waals surface area (Å²) in [4.78, 5) is 37.0. The van der Waals surface area contributed by atoms with Crippen LogP contribution in [0.1, 0.15) is 27.3 Å². The zero-order chi connectivity index (χ0) is 17.9. The predicted octanol–water partition coefficient (Wildman–Crippen LogP) is 2.44. The Hall–Kier alpha value is -3.36. The lowest BCUT2D eigenvalue weighted by Gasteiger charge is -2.07. The number of nitro groups is 2. The largest absolute Gasteiger partial charge is 0.346 e. The van der Waals surface area contributed by atoms with Gasteiger partial charge in [-0.25, -0.2) is 0 Å². The third-order valence-corrected chi connectivity index (χ3v) is 3.38. The molecule has 0 aliphatic rings. The van der Waals surface area contributed by atoms with Gasteiger partial charge in [0.1, 0.15) is 5.56 Å². The predicted molar refractivity (Wildman–Crippen MR) is 84.6 cm³/mol. The van der Waals surface area contributed by atoms with E-state index in [-0.39, 0.29) is 17.7 Å². The maximum atomic E-state index is 12.2. The van der Waals surface area contributed by atoms with Crippen LogP contribution in [-0.2, 0) is 6.54 Å². The molecule has 0 saturated heterocycles. The van der Waals surface area contributed by atoms with E-state index < -0.39 is 27.1 Å². The van der Waals surface area contributed by atoms with Gasteiger partial charge in [0.05, 0.1) is 27.6 Å². The number of aryl methyl sites for hydroxylation is 1. The monoisotopic (exact) mass is 330 g/mol. The number of hydrogen-bond acceptors (Lipinski definition) is 6. The van der Waals surface area contributed by atoms with Crippen molar-refractivity contribution < 1.29 is 14.6 Å². The van der Waals surface area contributed by atoms with E-state index in [9.17, 15) is 25.0 Å². The second kappa shape index (κ2) is 6.82. The van der Waals surface area contributed by atoms with Crippen LogP contribution in [0.15, 0.2) is 30.3 Å². The molecule has 0 radical (unpaired) electrons. The third-order valence-electron chi connectivity index (χ3n) is 3.38. The van der Waals surface area contributed by atoms with Crippen molar-refractivity contribution >= 4 is 17.3 Å². The summed E-state index contributed by atoms with van der Waals surface area (Å²) in [6.07, 6.45) is 0. The number of benzene rings is 1. The molecule has 0 aliphatic carbocycles. The third kappa shape index (κ3) is 3.69. The Balaban J connectivity index is 2.28. The normalized spacial score (nSPS) is 10.2. The molecule has 0 bridgehead atoms. The van der Waals surface area contributed by atoms with Crippen LogP contribution in [0.4, 0.5) is 11.4 Å². The van der Waals surface area contributed by atoms with Crippen molar-refractivity contribution in [1.29, 1.82) is 0 Å². The molecule has 2 aromatic rings. The SMILES string of the molecule is Cc1cccc(CNC(=O)c2cc([N+](=O)[O-])c(C)c([N+](=O)[O-])c2)n1. The van der Waals surface area contributed by atoms with Crippen LogP contribution in [0.2, 0.25) is 0 Å². The van der Waals surface area contributed by atoms with Gasteiger partial charge in [-0.05, 0) is 26.0 Å². The minimum atomic E-state index is -0.749. The summed E-state index contributed by atoms with van der Waals surface area (Å²) in [7, 11) is 0. The zero-order valence-electron chi connectivity index (χ0n) is 13.0. The highest BCUT2D eigenvalue weighted by molar-refractivity contribution is 5.95. The van der Waals surface area contributed by atoms with Crippen molar-refractivity contribution in [3.63, 3.8) is 0 Å². The molecule has 124 valence electrons. The minimum absolute atomic E-state index is 0.0955. The molecular formula is C15H14N4O5. The molecule has 9 heteroatoms. The number of carbonyl (C=O) groups is 1. The maximum Gasteiger partial charge on any atom is 0.279 e. The number of nitrogens with zero attached hydrogens (tertiary/aromatic N) is 3. The summed E-state index contributed by atoms with van der Waals surface area (Å²) in [5, 5.41) is 24.6. The fraction of sp³-hybridized carbons (Fsp3) is 0.200. The highest BCUT2D eigenvalue weighted by Crippen LogP contribution is 2.29. The van der Waals surface area contributed by atoms with Gasteiger partial charge in [-0.15, -0.1) is 0 Å². The molecule has 0 unspecified atom stereocenters. The molecule has 1 aromatic heterocycles. The fourth-order valence-electron chi connectivity index (χ4n) is 2.17. The van der Waals surface area contributed by atoms with E-state index in [1.807, 2.05) is 0 Å². The number of nitro benzene ring substituents is 2. The lowest BCUT2D eigenvalue weighted by molar-refractivity contribution is -0.395. The summed E-state index contributed by atoms with van der Waals surface area (Å²) in [5.74, 6) is -0.649. The van der Waals surface area contributed by atoms with Crippen molar-refractivity contribution in [1.82, 2.24) is 10.3 Å². The number of nitrogens with one attached hydrogen (secondary N) is 1. The number of pyridine rings is 1. The van der Waals surface area contributed by atoms with Gasteiger partial charge in [-0.1, -0.05) is 6.07 Å². The van der Waals surface area contributed by atoms with Crippen molar-refractivity contribution in [2.75, 3.05) is 0 Å². The Labute approximate surface area is 136 Å². The fourth-order valence-corrected chi connectivity index (χ4v) is 2.17. The summed E-state index contributed by atoms with van der Waals surface area (Å²) in [5.41, 5.74) is 0.211. The van der Waals surface area contributed by atoms with E-state index in [1.54, 1.807) is 25.1 Å². The number of rotatable bonds is 5. The van der Waals surface area contributed by atoms with E-state index >= 15 is 0 Å². The van der Waals surface area contributed by atoms with Crippen molar-refractivity contribution in [2.24, 2.45) is 0 Å². The second-order valence-corrected chi connectivity index (χ2v) is 5.11. The quantitative estimate of drug-likeness (QED) is 0.662. The minimum Gasteiger partial charge on any atom is -0.346 e. The number of hydrogen-bond donors (Lipinski definition) is 1. The highest BCUT2D eigenvalue weighted by atomic mass is 16.6. The molecular weight excluding hydrogens is 316 g/mol. The smallest absolute Gasteiger partial charge is 0.279 e. The van der Waals surface area contributed by atoms with Gasteiger partial charge in [0.2, 0.25) is 0 Å². The molecule has 0 aliphatic heterocycles. The van der Waals surface area contributed by atoms with E-state index in [4.69, 9.17) is 0 Å². The van der Waals surface area contributed by atoms with Crippen LogP contribution in [0.3, 0.4) is 0 Å². The van der Waals surface area contributed by atoms with Crippen LogP contribution < -0.4 is 5.32 Å². The van der Waals surface area contributed by atoms with Crippen molar-refractivity contribution in [2.45, 2.75) is 20.4 Å². The molecule has 0 atom stereocenters. The molecule has 0 saturated carbocycles. The lowest BCUT2D eigenvalue weighted by atomic mass is 10.1. The van der Waals surface area contributed by atoms with Crippen molar-refractivity contribution in [3.05, 3.63) is 73.1 Å². The van der Waals surface area contributed by atoms with Gasteiger partial charge in [0, 0.05) is 17.8 Å². The number of amides is 1. The molecule has 1 N–H and O–H groups in total. The summed E-state index contributed by atoms with van der Waals surface area (Å²) < 4.78 is 0. The van der Waals surface area contributed by atoms with Crippen LogP contribution in [-0.4, -0.2) is 20.7 Å². The number of aromatic nitrogens is 1. The van der Waals surface area contributed by atoms with Crippen LogP contribution in [0.5, 0.6) is 0 Å². The van der Waals surface area contributed by atoms with E-state index in [2.05, 4.69) is 10.3 Å². The molecule has 0 fully saturated rings. The maximum absolute atomic E-state index is 12.2. The molecule has 1 heterocycles. The van der Waals surface area contributed by atoms with Crippen molar-refractivity contribution in [3.8, 4) is 0 Å². The van der Waals surface area contributed by atoms with Crippen LogP contribution in [0.25, 0.3) is 0 Å². The molecule has 24 heavy (non-hydrogen) atoms. The topological polar surface area (TPSA) is 128 Å². The van der Waals surface area contributed by atoms with E-state index in [1.165, 1.54) is 6.92 Å². The molecule has 0 spiro atoms. The van der Waals surface area contributed by atoms with Gasteiger partial charge in [0.25, 0.3) is 17.3 Å². The Morgan fingerprint density at radius 1 is 1.12 bits per heavy atom. The Morgan fingerprint density at radius 3 is 2.21 bits per heavy atom.